The number of aromatic nitrogens is 2. The van der Waals surface area contributed by atoms with E-state index < -0.39 is 0 Å². The zero-order valence-corrected chi connectivity index (χ0v) is 17.6. The van der Waals surface area contributed by atoms with Crippen molar-refractivity contribution >= 4 is 23.0 Å². The van der Waals surface area contributed by atoms with E-state index in [1.54, 1.807) is 26.4 Å². The lowest BCUT2D eigenvalue weighted by Gasteiger charge is -2.30. The lowest BCUT2D eigenvalue weighted by Crippen LogP contribution is -2.37. The Morgan fingerprint density at radius 2 is 1.93 bits per heavy atom. The monoisotopic (exact) mass is 405 g/mol. The Bertz CT molecular complexity index is 1080. The van der Waals surface area contributed by atoms with Crippen molar-refractivity contribution in [3.63, 3.8) is 0 Å². The van der Waals surface area contributed by atoms with Crippen LogP contribution in [0.3, 0.4) is 0 Å². The van der Waals surface area contributed by atoms with Gasteiger partial charge in [-0.2, -0.15) is 0 Å². The van der Waals surface area contributed by atoms with Gasteiger partial charge in [0.05, 0.1) is 25.3 Å². The van der Waals surface area contributed by atoms with Crippen molar-refractivity contribution in [2.75, 3.05) is 27.3 Å². The summed E-state index contributed by atoms with van der Waals surface area (Å²) in [5.41, 5.74) is 4.12. The molecule has 3 aromatic rings. The molecule has 6 heteroatoms. The first-order valence-corrected chi connectivity index (χ1v) is 10.2. The van der Waals surface area contributed by atoms with Crippen molar-refractivity contribution in [2.45, 2.75) is 25.7 Å². The average molecular weight is 405 g/mol. The SMILES string of the molecule is COc1ccc(OC)c(/C=C/C(=O)N2CCC(c3nc4ccc(C)cc4[nH]3)CC2)c1. The number of methoxy groups -OCH3 is 2. The maximum atomic E-state index is 12.7. The number of piperidine rings is 1. The van der Waals surface area contributed by atoms with Gasteiger partial charge >= 0.3 is 0 Å². The standard InChI is InChI=1S/C24H27N3O3/c1-16-4-7-20-21(14-16)26-24(25-20)17-10-12-27(13-11-17)23(28)9-5-18-15-19(29-2)6-8-22(18)30-3/h4-9,14-15,17H,10-13H2,1-3H3,(H,25,26)/b9-5+. The van der Waals surface area contributed by atoms with E-state index in [1.807, 2.05) is 23.1 Å². The van der Waals surface area contributed by atoms with Crippen molar-refractivity contribution in [1.82, 2.24) is 14.9 Å². The summed E-state index contributed by atoms with van der Waals surface area (Å²) in [7, 11) is 3.24. The van der Waals surface area contributed by atoms with Crippen molar-refractivity contribution in [2.24, 2.45) is 0 Å². The third kappa shape index (κ3) is 4.17. The number of fused-ring (bicyclic) bond motifs is 1. The zero-order chi connectivity index (χ0) is 21.1. The van der Waals surface area contributed by atoms with Crippen LogP contribution in [0, 0.1) is 6.92 Å². The molecule has 4 rings (SSSR count). The molecule has 1 aliphatic rings. The molecular formula is C24H27N3O3. The normalized spacial score (nSPS) is 15.1. The van der Waals surface area contributed by atoms with E-state index in [4.69, 9.17) is 14.5 Å². The maximum Gasteiger partial charge on any atom is 0.246 e. The van der Waals surface area contributed by atoms with Gasteiger partial charge in [-0.05, 0) is 61.7 Å². The van der Waals surface area contributed by atoms with Crippen molar-refractivity contribution in [3.8, 4) is 11.5 Å². The Labute approximate surface area is 176 Å². The Morgan fingerprint density at radius 1 is 1.13 bits per heavy atom. The number of imidazole rings is 1. The van der Waals surface area contributed by atoms with E-state index in [0.717, 1.165) is 54.1 Å². The first kappa shape index (κ1) is 20.0. The van der Waals surface area contributed by atoms with Gasteiger partial charge in [-0.15, -0.1) is 0 Å². The summed E-state index contributed by atoms with van der Waals surface area (Å²) < 4.78 is 10.6. The van der Waals surface area contributed by atoms with Crippen LogP contribution in [-0.4, -0.2) is 48.1 Å². The summed E-state index contributed by atoms with van der Waals surface area (Å²) >= 11 is 0. The number of nitrogens with one attached hydrogen (secondary N) is 1. The largest absolute Gasteiger partial charge is 0.497 e. The zero-order valence-electron chi connectivity index (χ0n) is 17.6. The third-order valence-corrected chi connectivity index (χ3v) is 5.69. The van der Waals surface area contributed by atoms with Crippen LogP contribution < -0.4 is 9.47 Å². The van der Waals surface area contributed by atoms with Crippen LogP contribution in [0.4, 0.5) is 0 Å². The van der Waals surface area contributed by atoms with Crippen molar-refractivity contribution in [1.29, 1.82) is 0 Å². The summed E-state index contributed by atoms with van der Waals surface area (Å²) in [4.78, 5) is 22.8. The number of aromatic amines is 1. The van der Waals surface area contributed by atoms with Crippen LogP contribution >= 0.6 is 0 Å². The number of ether oxygens (including phenoxy) is 2. The Kier molecular flexibility index (Phi) is 5.74. The van der Waals surface area contributed by atoms with Crippen LogP contribution in [0.1, 0.15) is 35.7 Å². The second-order valence-electron chi connectivity index (χ2n) is 7.68. The van der Waals surface area contributed by atoms with Crippen LogP contribution in [0.25, 0.3) is 17.1 Å². The van der Waals surface area contributed by atoms with Crippen LogP contribution in [-0.2, 0) is 4.79 Å². The fraction of sp³-hybridized carbons (Fsp3) is 0.333. The Balaban J connectivity index is 1.40. The number of amides is 1. The van der Waals surface area contributed by atoms with E-state index in [9.17, 15) is 4.79 Å². The predicted molar refractivity (Wildman–Crippen MR) is 118 cm³/mol. The van der Waals surface area contributed by atoms with Gasteiger partial charge in [0.15, 0.2) is 0 Å². The molecule has 2 heterocycles. The number of rotatable bonds is 5. The number of likely N-dealkylation sites (tertiary alicyclic amines) is 1. The molecule has 1 aliphatic heterocycles. The van der Waals surface area contributed by atoms with Gasteiger partial charge in [0.25, 0.3) is 0 Å². The molecule has 0 bridgehead atoms. The molecule has 0 saturated carbocycles. The molecule has 1 N–H and O–H groups in total. The molecule has 1 saturated heterocycles. The molecule has 0 spiro atoms. The summed E-state index contributed by atoms with van der Waals surface area (Å²) in [6.45, 7) is 3.52. The highest BCUT2D eigenvalue weighted by Gasteiger charge is 2.25. The van der Waals surface area contributed by atoms with Crippen LogP contribution in [0.5, 0.6) is 11.5 Å². The molecule has 0 atom stereocenters. The van der Waals surface area contributed by atoms with Crippen molar-refractivity contribution < 1.29 is 14.3 Å². The average Bonchev–Trinajstić information content (AvgIpc) is 3.20. The number of H-pyrrole nitrogens is 1. The first-order chi connectivity index (χ1) is 14.6. The number of benzene rings is 2. The Morgan fingerprint density at radius 3 is 2.67 bits per heavy atom. The highest BCUT2D eigenvalue weighted by atomic mass is 16.5. The van der Waals surface area contributed by atoms with E-state index >= 15 is 0 Å². The van der Waals surface area contributed by atoms with Crippen LogP contribution in [0.15, 0.2) is 42.5 Å². The van der Waals surface area contributed by atoms with Gasteiger partial charge < -0.3 is 19.4 Å². The number of carbonyl (C=O) groups excluding carboxylic acids is 1. The molecule has 1 aromatic heterocycles. The lowest BCUT2D eigenvalue weighted by molar-refractivity contribution is -0.127. The number of nitrogens with zero attached hydrogens (tertiary/aromatic N) is 2. The number of hydrogen-bond donors (Lipinski definition) is 1. The lowest BCUT2D eigenvalue weighted by atomic mass is 9.96. The quantitative estimate of drug-likeness (QED) is 0.643. The van der Waals surface area contributed by atoms with Gasteiger partial charge in [0, 0.05) is 30.6 Å². The molecule has 30 heavy (non-hydrogen) atoms. The molecule has 1 amide bonds. The maximum absolute atomic E-state index is 12.7. The first-order valence-electron chi connectivity index (χ1n) is 10.2. The van der Waals surface area contributed by atoms with Crippen LogP contribution in [0.2, 0.25) is 0 Å². The minimum Gasteiger partial charge on any atom is -0.497 e. The summed E-state index contributed by atoms with van der Waals surface area (Å²) in [5.74, 6) is 2.82. The highest BCUT2D eigenvalue weighted by molar-refractivity contribution is 5.92. The molecule has 0 radical (unpaired) electrons. The topological polar surface area (TPSA) is 67.5 Å². The van der Waals surface area contributed by atoms with Gasteiger partial charge in [0.1, 0.15) is 17.3 Å². The highest BCUT2D eigenvalue weighted by Crippen LogP contribution is 2.29. The van der Waals surface area contributed by atoms with E-state index in [-0.39, 0.29) is 5.91 Å². The van der Waals surface area contributed by atoms with Gasteiger partial charge in [0.2, 0.25) is 5.91 Å². The number of aryl methyl sites for hydroxylation is 1. The molecule has 1 fully saturated rings. The Hall–Kier alpha value is -3.28. The molecule has 2 aromatic carbocycles. The summed E-state index contributed by atoms with van der Waals surface area (Å²) in [6.07, 6.45) is 5.21. The van der Waals surface area contributed by atoms with E-state index in [0.29, 0.717) is 11.7 Å². The van der Waals surface area contributed by atoms with Gasteiger partial charge in [-0.3, -0.25) is 4.79 Å². The number of carbonyl (C=O) groups is 1. The smallest absolute Gasteiger partial charge is 0.246 e. The fourth-order valence-corrected chi connectivity index (χ4v) is 3.95. The number of hydrogen-bond acceptors (Lipinski definition) is 4. The predicted octanol–water partition coefficient (Wildman–Crippen LogP) is 4.31. The second-order valence-corrected chi connectivity index (χ2v) is 7.68. The minimum absolute atomic E-state index is 0.0125. The molecule has 0 aliphatic carbocycles. The fourth-order valence-electron chi connectivity index (χ4n) is 3.95. The van der Waals surface area contributed by atoms with Crippen molar-refractivity contribution in [3.05, 3.63) is 59.4 Å². The minimum atomic E-state index is 0.0125. The summed E-state index contributed by atoms with van der Waals surface area (Å²) in [6, 6.07) is 11.8. The second kappa shape index (κ2) is 8.61. The van der Waals surface area contributed by atoms with E-state index in [2.05, 4.69) is 30.1 Å². The van der Waals surface area contributed by atoms with Gasteiger partial charge in [-0.1, -0.05) is 6.07 Å². The van der Waals surface area contributed by atoms with Gasteiger partial charge in [-0.25, -0.2) is 4.98 Å². The van der Waals surface area contributed by atoms with E-state index in [1.165, 1.54) is 5.56 Å². The molecule has 6 nitrogen and oxygen atoms in total. The molecular weight excluding hydrogens is 378 g/mol. The molecule has 0 unspecified atom stereocenters. The molecule has 156 valence electrons. The summed E-state index contributed by atoms with van der Waals surface area (Å²) in [5, 5.41) is 0. The third-order valence-electron chi connectivity index (χ3n) is 5.69.